The van der Waals surface area contributed by atoms with Gasteiger partial charge < -0.3 is 10.3 Å². The number of fused-ring (bicyclic) bond motifs is 1. The Kier molecular flexibility index (Phi) is 6.98. The molecule has 0 bridgehead atoms. The molecule has 0 atom stereocenters. The molecule has 3 heterocycles. The maximum atomic E-state index is 14.2. The number of anilines is 1. The third-order valence-electron chi connectivity index (χ3n) is 6.64. The summed E-state index contributed by atoms with van der Waals surface area (Å²) in [6.45, 7) is 16.0. The fourth-order valence-electron chi connectivity index (χ4n) is 4.53. The number of aromatic nitrogens is 5. The molecule has 6 nitrogen and oxygen atoms in total. The molecule has 3 aromatic heterocycles. The van der Waals surface area contributed by atoms with Gasteiger partial charge in [0.2, 0.25) is 0 Å². The summed E-state index contributed by atoms with van der Waals surface area (Å²) >= 11 is 0. The Bertz CT molecular complexity index is 1720. The van der Waals surface area contributed by atoms with Crippen molar-refractivity contribution in [3.05, 3.63) is 114 Å². The van der Waals surface area contributed by atoms with Crippen LogP contribution in [0.1, 0.15) is 36.4 Å². The molecule has 0 aliphatic heterocycles. The zero-order valence-corrected chi connectivity index (χ0v) is 22.6. The number of nitrogens with zero attached hydrogens (tertiary/aromatic N) is 3. The average molecular weight is 519 g/mol. The van der Waals surface area contributed by atoms with Crippen molar-refractivity contribution in [1.29, 1.82) is 0 Å². The summed E-state index contributed by atoms with van der Waals surface area (Å²) in [6.07, 6.45) is 7.17. The third kappa shape index (κ3) is 5.29. The molecule has 0 saturated carbocycles. The normalized spacial score (nSPS) is 11.8. The third-order valence-corrected chi connectivity index (χ3v) is 6.64. The summed E-state index contributed by atoms with van der Waals surface area (Å²) < 4.78 is 14.2. The second-order valence-electron chi connectivity index (χ2n) is 9.99. The lowest BCUT2D eigenvalue weighted by Gasteiger charge is -2.13. The van der Waals surface area contributed by atoms with Crippen LogP contribution in [-0.4, -0.2) is 25.1 Å². The first kappa shape index (κ1) is 25.9. The van der Waals surface area contributed by atoms with Crippen LogP contribution in [0.3, 0.4) is 0 Å². The van der Waals surface area contributed by atoms with E-state index in [-0.39, 0.29) is 5.82 Å². The number of imidazole rings is 1. The molecular weight excluding hydrogens is 487 g/mol. The molecule has 0 saturated heterocycles. The summed E-state index contributed by atoms with van der Waals surface area (Å²) in [5, 5.41) is 12.0. The Hall–Kier alpha value is -4.78. The van der Waals surface area contributed by atoms with Crippen LogP contribution in [0.2, 0.25) is 0 Å². The van der Waals surface area contributed by atoms with Gasteiger partial charge in [0, 0.05) is 34.1 Å². The van der Waals surface area contributed by atoms with Gasteiger partial charge in [-0.1, -0.05) is 51.3 Å². The molecule has 196 valence electrons. The van der Waals surface area contributed by atoms with E-state index in [9.17, 15) is 4.39 Å². The summed E-state index contributed by atoms with van der Waals surface area (Å²) in [6, 6.07) is 13.1. The number of benzene rings is 2. The van der Waals surface area contributed by atoms with Gasteiger partial charge >= 0.3 is 0 Å². The van der Waals surface area contributed by atoms with Crippen molar-refractivity contribution in [2.24, 2.45) is 5.92 Å². The predicted octanol–water partition coefficient (Wildman–Crippen LogP) is 7.97. The number of aryl methyl sites for hydroxylation is 2. The van der Waals surface area contributed by atoms with Gasteiger partial charge in [-0.05, 0) is 66.8 Å². The van der Waals surface area contributed by atoms with Gasteiger partial charge in [-0.3, -0.25) is 10.1 Å². The van der Waals surface area contributed by atoms with Crippen LogP contribution in [0, 0.1) is 25.6 Å². The van der Waals surface area contributed by atoms with E-state index < -0.39 is 0 Å². The highest BCUT2D eigenvalue weighted by atomic mass is 19.1. The minimum Gasteiger partial charge on any atom is -0.358 e. The lowest BCUT2D eigenvalue weighted by Crippen LogP contribution is -2.04. The number of nitrogens with one attached hydrogen (secondary N) is 3. The predicted molar refractivity (Wildman–Crippen MR) is 158 cm³/mol. The molecule has 5 aromatic rings. The van der Waals surface area contributed by atoms with Crippen LogP contribution < -0.4 is 5.32 Å². The summed E-state index contributed by atoms with van der Waals surface area (Å²) in [7, 11) is 0. The van der Waals surface area contributed by atoms with E-state index in [1.807, 2.05) is 44.3 Å². The second-order valence-corrected chi connectivity index (χ2v) is 9.99. The van der Waals surface area contributed by atoms with Gasteiger partial charge in [0.1, 0.15) is 11.5 Å². The SMILES string of the molecule is C=C/C=C(/c1cc(C)cc(F)c1)c1nc(-c2n[nH]c3ccc(-c4cncc(NC(=C)C(C)C)c4)cc23)[nH]c1C. The van der Waals surface area contributed by atoms with E-state index in [2.05, 4.69) is 64.6 Å². The minimum atomic E-state index is -0.290. The summed E-state index contributed by atoms with van der Waals surface area (Å²) in [5.41, 5.74) is 9.31. The lowest BCUT2D eigenvalue weighted by molar-refractivity contribution is 0.626. The maximum absolute atomic E-state index is 14.2. The molecular formula is C32H31FN6. The summed E-state index contributed by atoms with van der Waals surface area (Å²) in [5.74, 6) is 0.643. The van der Waals surface area contributed by atoms with E-state index >= 15 is 0 Å². The Balaban J connectivity index is 1.54. The first-order valence-electron chi connectivity index (χ1n) is 12.8. The molecule has 7 heteroatoms. The fourth-order valence-corrected chi connectivity index (χ4v) is 4.53. The van der Waals surface area contributed by atoms with Crippen molar-refractivity contribution < 1.29 is 4.39 Å². The highest BCUT2D eigenvalue weighted by Gasteiger charge is 2.19. The van der Waals surface area contributed by atoms with Crippen LogP contribution in [0.5, 0.6) is 0 Å². The molecule has 0 aliphatic carbocycles. The standard InChI is InChI=1S/C32H31FN6/c1-7-8-27(23-11-19(4)12-25(33)13-23)30-21(6)36-32(37-30)31-28-15-22(9-10-29(28)38-39-31)24-14-26(17-34-16-24)35-20(5)18(2)3/h7-18,35H,1,5H2,2-4,6H3,(H,36,37)(H,38,39)/b27-8-. The van der Waals surface area contributed by atoms with E-state index in [0.29, 0.717) is 17.4 Å². The van der Waals surface area contributed by atoms with Crippen molar-refractivity contribution >= 4 is 22.2 Å². The number of halogens is 1. The van der Waals surface area contributed by atoms with Gasteiger partial charge in [0.05, 0.1) is 23.1 Å². The number of rotatable bonds is 8. The molecule has 0 spiro atoms. The Labute approximate surface area is 227 Å². The molecule has 0 unspecified atom stereocenters. The lowest BCUT2D eigenvalue weighted by atomic mass is 9.99. The van der Waals surface area contributed by atoms with E-state index in [0.717, 1.165) is 61.5 Å². The zero-order valence-electron chi connectivity index (χ0n) is 22.6. The number of aromatic amines is 2. The molecule has 0 aliphatic rings. The smallest absolute Gasteiger partial charge is 0.159 e. The van der Waals surface area contributed by atoms with Crippen LogP contribution in [-0.2, 0) is 0 Å². The van der Waals surface area contributed by atoms with Crippen molar-refractivity contribution in [1.82, 2.24) is 25.1 Å². The molecule has 3 N–H and O–H groups in total. The Morgan fingerprint density at radius 2 is 1.87 bits per heavy atom. The second kappa shape index (κ2) is 10.5. The molecule has 0 amide bonds. The van der Waals surface area contributed by atoms with E-state index in [4.69, 9.17) is 4.98 Å². The van der Waals surface area contributed by atoms with Gasteiger partial charge in [-0.25, -0.2) is 9.37 Å². The average Bonchev–Trinajstić information content (AvgIpc) is 3.49. The number of hydrogen-bond donors (Lipinski definition) is 3. The minimum absolute atomic E-state index is 0.290. The highest BCUT2D eigenvalue weighted by Crippen LogP contribution is 2.33. The van der Waals surface area contributed by atoms with Crippen molar-refractivity contribution in [2.45, 2.75) is 27.7 Å². The Morgan fingerprint density at radius 3 is 2.62 bits per heavy atom. The van der Waals surface area contributed by atoms with Crippen molar-refractivity contribution in [3.63, 3.8) is 0 Å². The summed E-state index contributed by atoms with van der Waals surface area (Å²) in [4.78, 5) is 12.7. The van der Waals surface area contributed by atoms with E-state index in [1.54, 1.807) is 12.3 Å². The monoisotopic (exact) mass is 518 g/mol. The number of H-pyrrole nitrogens is 2. The highest BCUT2D eigenvalue weighted by molar-refractivity contribution is 5.95. The number of allylic oxidation sites excluding steroid dienone is 3. The topological polar surface area (TPSA) is 82.3 Å². The van der Waals surface area contributed by atoms with Crippen LogP contribution in [0.4, 0.5) is 10.1 Å². The first-order chi connectivity index (χ1) is 18.7. The first-order valence-corrected chi connectivity index (χ1v) is 12.8. The maximum Gasteiger partial charge on any atom is 0.159 e. The number of hydrogen-bond acceptors (Lipinski definition) is 4. The molecule has 39 heavy (non-hydrogen) atoms. The van der Waals surface area contributed by atoms with E-state index in [1.165, 1.54) is 12.1 Å². The van der Waals surface area contributed by atoms with Crippen LogP contribution in [0.25, 0.3) is 39.1 Å². The van der Waals surface area contributed by atoms with Gasteiger partial charge in [0.15, 0.2) is 5.82 Å². The number of pyridine rings is 1. The zero-order chi connectivity index (χ0) is 27.7. The van der Waals surface area contributed by atoms with Crippen LogP contribution in [0.15, 0.2) is 85.9 Å². The Morgan fingerprint density at radius 1 is 1.05 bits per heavy atom. The molecule has 0 fully saturated rings. The van der Waals surface area contributed by atoms with Gasteiger partial charge in [-0.15, -0.1) is 0 Å². The molecule has 0 radical (unpaired) electrons. The quantitative estimate of drug-likeness (QED) is 0.182. The largest absolute Gasteiger partial charge is 0.358 e. The van der Waals surface area contributed by atoms with Crippen LogP contribution >= 0.6 is 0 Å². The van der Waals surface area contributed by atoms with Gasteiger partial charge in [0.25, 0.3) is 0 Å². The fraction of sp³-hybridized carbons (Fsp3) is 0.156. The van der Waals surface area contributed by atoms with Gasteiger partial charge in [-0.2, -0.15) is 5.10 Å². The molecule has 2 aromatic carbocycles. The molecule has 5 rings (SSSR count). The van der Waals surface area contributed by atoms with Crippen molar-refractivity contribution in [2.75, 3.05) is 5.32 Å². The van der Waals surface area contributed by atoms with Crippen molar-refractivity contribution in [3.8, 4) is 22.6 Å².